The molecule has 1 aliphatic rings. The quantitative estimate of drug-likeness (QED) is 0.602. The Morgan fingerprint density at radius 2 is 1.21 bits per heavy atom. The van der Waals surface area contributed by atoms with Gasteiger partial charge in [0.15, 0.2) is 0 Å². The number of nitrogens with zero attached hydrogens (tertiary/aromatic N) is 1. The Morgan fingerprint density at radius 1 is 0.737 bits per heavy atom. The van der Waals surface area contributed by atoms with Crippen molar-refractivity contribution in [2.24, 2.45) is 0 Å². The Bertz CT molecular complexity index is 653. The molecule has 5 nitrogen and oxygen atoms in total. The van der Waals surface area contributed by atoms with E-state index in [-0.39, 0.29) is 22.6 Å². The topological polar surface area (TPSA) is 77.8 Å². The number of para-hydroxylation sites is 1. The summed E-state index contributed by atoms with van der Waals surface area (Å²) >= 11 is 0. The zero-order valence-corrected chi connectivity index (χ0v) is 9.70. The van der Waals surface area contributed by atoms with Gasteiger partial charge in [0, 0.05) is 0 Å². The average molecular weight is 255 g/mol. The van der Waals surface area contributed by atoms with E-state index in [1.54, 1.807) is 30.3 Å². The first-order valence-electron chi connectivity index (χ1n) is 5.60. The number of amides is 2. The summed E-state index contributed by atoms with van der Waals surface area (Å²) in [5, 5.41) is 19.4. The third-order valence-electron chi connectivity index (χ3n) is 3.01. The fourth-order valence-electron chi connectivity index (χ4n) is 2.14. The van der Waals surface area contributed by atoms with Gasteiger partial charge in [-0.25, -0.2) is 4.90 Å². The number of hydrogen-bond acceptors (Lipinski definition) is 4. The molecule has 0 aliphatic carbocycles. The minimum atomic E-state index is -0.639. The summed E-state index contributed by atoms with van der Waals surface area (Å²) < 4.78 is 0. The number of phenols is 2. The summed E-state index contributed by atoms with van der Waals surface area (Å²) in [6.45, 7) is 0. The predicted octanol–water partition coefficient (Wildman–Crippen LogP) is 1.90. The van der Waals surface area contributed by atoms with Crippen molar-refractivity contribution in [2.75, 3.05) is 4.90 Å². The number of imide groups is 1. The number of carbonyl (C=O) groups excluding carboxylic acids is 2. The van der Waals surface area contributed by atoms with Crippen molar-refractivity contribution in [3.8, 4) is 11.5 Å². The molecule has 0 bridgehead atoms. The SMILES string of the molecule is O=C1c2c(O)ccc(O)c2C(=O)N1c1ccccc1. The van der Waals surface area contributed by atoms with Crippen molar-refractivity contribution in [3.63, 3.8) is 0 Å². The third kappa shape index (κ3) is 1.48. The molecule has 94 valence electrons. The summed E-state index contributed by atoms with van der Waals surface area (Å²) in [7, 11) is 0. The third-order valence-corrected chi connectivity index (χ3v) is 3.01. The maximum Gasteiger partial charge on any atom is 0.270 e. The van der Waals surface area contributed by atoms with E-state index in [9.17, 15) is 19.8 Å². The number of rotatable bonds is 1. The molecule has 2 aromatic rings. The van der Waals surface area contributed by atoms with E-state index in [0.717, 1.165) is 4.90 Å². The second-order valence-electron chi connectivity index (χ2n) is 4.14. The van der Waals surface area contributed by atoms with Gasteiger partial charge < -0.3 is 10.2 Å². The van der Waals surface area contributed by atoms with Gasteiger partial charge in [0.05, 0.1) is 16.8 Å². The largest absolute Gasteiger partial charge is 0.507 e. The molecule has 2 N–H and O–H groups in total. The van der Waals surface area contributed by atoms with Crippen LogP contribution in [0, 0.1) is 0 Å². The summed E-state index contributed by atoms with van der Waals surface area (Å²) in [5.74, 6) is -1.91. The Morgan fingerprint density at radius 3 is 1.68 bits per heavy atom. The van der Waals surface area contributed by atoms with E-state index in [1.165, 1.54) is 12.1 Å². The fraction of sp³-hybridized carbons (Fsp3) is 0. The van der Waals surface area contributed by atoms with Crippen molar-refractivity contribution >= 4 is 17.5 Å². The molecular weight excluding hydrogens is 246 g/mol. The van der Waals surface area contributed by atoms with Gasteiger partial charge in [0.1, 0.15) is 11.5 Å². The first-order chi connectivity index (χ1) is 9.11. The highest BCUT2D eigenvalue weighted by atomic mass is 16.3. The van der Waals surface area contributed by atoms with Gasteiger partial charge in [0.25, 0.3) is 11.8 Å². The van der Waals surface area contributed by atoms with Crippen molar-refractivity contribution < 1.29 is 19.8 Å². The summed E-state index contributed by atoms with van der Waals surface area (Å²) in [4.78, 5) is 25.4. The van der Waals surface area contributed by atoms with Crippen molar-refractivity contribution in [1.29, 1.82) is 0 Å². The molecule has 0 aromatic heterocycles. The van der Waals surface area contributed by atoms with Crippen LogP contribution in [0.25, 0.3) is 0 Å². The number of hydrogen-bond donors (Lipinski definition) is 2. The van der Waals surface area contributed by atoms with Crippen LogP contribution in [0.3, 0.4) is 0 Å². The van der Waals surface area contributed by atoms with Gasteiger partial charge in [-0.3, -0.25) is 9.59 Å². The first kappa shape index (κ1) is 11.3. The van der Waals surface area contributed by atoms with E-state index in [1.807, 2.05) is 0 Å². The standard InChI is InChI=1S/C14H9NO4/c16-9-6-7-10(17)12-11(9)13(18)15(14(12)19)8-4-2-1-3-5-8/h1-7,16-17H. The number of benzene rings is 2. The van der Waals surface area contributed by atoms with E-state index >= 15 is 0 Å². The Kier molecular flexibility index (Phi) is 2.28. The predicted molar refractivity (Wildman–Crippen MR) is 67.4 cm³/mol. The Balaban J connectivity index is 2.21. The van der Waals surface area contributed by atoms with Gasteiger partial charge in [-0.2, -0.15) is 0 Å². The van der Waals surface area contributed by atoms with Crippen LogP contribution in [0.15, 0.2) is 42.5 Å². The molecule has 2 aromatic carbocycles. The number of carbonyl (C=O) groups is 2. The van der Waals surface area contributed by atoms with Gasteiger partial charge in [-0.15, -0.1) is 0 Å². The molecule has 0 radical (unpaired) electrons. The lowest BCUT2D eigenvalue weighted by Gasteiger charge is -2.13. The number of fused-ring (bicyclic) bond motifs is 1. The highest BCUT2D eigenvalue weighted by Crippen LogP contribution is 2.37. The van der Waals surface area contributed by atoms with E-state index in [0.29, 0.717) is 5.69 Å². The van der Waals surface area contributed by atoms with E-state index < -0.39 is 11.8 Å². The lowest BCUT2D eigenvalue weighted by molar-refractivity contribution is 0.0925. The molecule has 0 atom stereocenters. The maximum atomic E-state index is 12.2. The molecule has 0 saturated heterocycles. The molecule has 0 unspecified atom stereocenters. The second-order valence-corrected chi connectivity index (χ2v) is 4.14. The summed E-state index contributed by atoms with van der Waals surface area (Å²) in [6, 6.07) is 10.7. The minimum Gasteiger partial charge on any atom is -0.507 e. The first-order valence-corrected chi connectivity index (χ1v) is 5.60. The average Bonchev–Trinajstić information content (AvgIpc) is 2.68. The summed E-state index contributed by atoms with van der Waals surface area (Å²) in [6.07, 6.45) is 0. The molecule has 0 spiro atoms. The van der Waals surface area contributed by atoms with Crippen LogP contribution in [0.5, 0.6) is 11.5 Å². The van der Waals surface area contributed by atoms with Gasteiger partial charge in [-0.1, -0.05) is 18.2 Å². The van der Waals surface area contributed by atoms with Crippen LogP contribution in [-0.2, 0) is 0 Å². The van der Waals surface area contributed by atoms with Gasteiger partial charge >= 0.3 is 0 Å². The zero-order chi connectivity index (χ0) is 13.6. The van der Waals surface area contributed by atoms with Crippen molar-refractivity contribution in [3.05, 3.63) is 53.6 Å². The van der Waals surface area contributed by atoms with E-state index in [4.69, 9.17) is 0 Å². The number of anilines is 1. The fourth-order valence-corrected chi connectivity index (χ4v) is 2.14. The molecule has 1 aliphatic heterocycles. The molecular formula is C14H9NO4. The highest BCUT2D eigenvalue weighted by molar-refractivity contribution is 6.36. The van der Waals surface area contributed by atoms with Crippen molar-refractivity contribution in [2.45, 2.75) is 0 Å². The minimum absolute atomic E-state index is 0.158. The molecule has 5 heteroatoms. The van der Waals surface area contributed by atoms with Gasteiger partial charge in [-0.05, 0) is 24.3 Å². The highest BCUT2D eigenvalue weighted by Gasteiger charge is 2.40. The Labute approximate surface area is 108 Å². The molecule has 0 saturated carbocycles. The second kappa shape index (κ2) is 3.84. The van der Waals surface area contributed by atoms with Crippen LogP contribution in [0.4, 0.5) is 5.69 Å². The van der Waals surface area contributed by atoms with Crippen LogP contribution >= 0.6 is 0 Å². The molecule has 1 heterocycles. The van der Waals surface area contributed by atoms with Crippen LogP contribution in [-0.4, -0.2) is 22.0 Å². The van der Waals surface area contributed by atoms with E-state index in [2.05, 4.69) is 0 Å². The number of phenolic OH excluding ortho intramolecular Hbond substituents is 2. The maximum absolute atomic E-state index is 12.2. The lowest BCUT2D eigenvalue weighted by Crippen LogP contribution is -2.29. The smallest absolute Gasteiger partial charge is 0.270 e. The van der Waals surface area contributed by atoms with Crippen LogP contribution in [0.2, 0.25) is 0 Å². The lowest BCUT2D eigenvalue weighted by atomic mass is 10.1. The molecule has 19 heavy (non-hydrogen) atoms. The normalized spacial score (nSPS) is 13.8. The number of aromatic hydroxyl groups is 2. The molecule has 3 rings (SSSR count). The molecule has 2 amide bonds. The monoisotopic (exact) mass is 255 g/mol. The Hall–Kier alpha value is -2.82. The van der Waals surface area contributed by atoms with Crippen LogP contribution in [0.1, 0.15) is 20.7 Å². The van der Waals surface area contributed by atoms with Gasteiger partial charge in [0.2, 0.25) is 0 Å². The molecule has 0 fully saturated rings. The van der Waals surface area contributed by atoms with Crippen LogP contribution < -0.4 is 4.90 Å². The summed E-state index contributed by atoms with van der Waals surface area (Å²) in [5.41, 5.74) is 0.0789. The zero-order valence-electron chi connectivity index (χ0n) is 9.70. The van der Waals surface area contributed by atoms with Crippen molar-refractivity contribution in [1.82, 2.24) is 0 Å².